The van der Waals surface area contributed by atoms with Crippen LogP contribution in [0.4, 0.5) is 0 Å². The first kappa shape index (κ1) is 11.6. The molecular weight excluding hydrogens is 226 g/mol. The largest absolute Gasteiger partial charge is 0.392 e. The third-order valence-electron chi connectivity index (χ3n) is 2.41. The number of amides is 1. The number of hydrogen-bond acceptors (Lipinski definition) is 4. The summed E-state index contributed by atoms with van der Waals surface area (Å²) in [6.07, 6.45) is 0.380. The molecule has 1 aliphatic rings. The maximum absolute atomic E-state index is 11.7. The molecular formula is C11H15NO3S. The Labute approximate surface area is 98.2 Å². The fraction of sp³-hybridized carbons (Fsp3) is 0.545. The lowest BCUT2D eigenvalue weighted by atomic mass is 10.2. The predicted octanol–water partition coefficient (Wildman–Crippen LogP) is 0.931. The lowest BCUT2D eigenvalue weighted by Crippen LogP contribution is -2.29. The van der Waals surface area contributed by atoms with E-state index < -0.39 is 6.10 Å². The molecule has 16 heavy (non-hydrogen) atoms. The maximum Gasteiger partial charge on any atom is 0.261 e. The molecule has 5 heteroatoms. The standard InChI is InChI=1S/C11H15NO3S/c1-7(13)5-12-11(14)10-4-8-6-15-3-2-9(8)16-10/h4,7,13H,2-3,5-6H2,1H3,(H,12,14). The third-order valence-corrected chi connectivity index (χ3v) is 3.65. The Hall–Kier alpha value is -0.910. The van der Waals surface area contributed by atoms with Gasteiger partial charge in [-0.2, -0.15) is 0 Å². The molecule has 1 unspecified atom stereocenters. The van der Waals surface area contributed by atoms with E-state index in [1.165, 1.54) is 16.2 Å². The molecule has 0 fully saturated rings. The van der Waals surface area contributed by atoms with Crippen molar-refractivity contribution < 1.29 is 14.6 Å². The molecule has 0 saturated heterocycles. The van der Waals surface area contributed by atoms with Crippen LogP contribution in [0, 0.1) is 0 Å². The summed E-state index contributed by atoms with van der Waals surface area (Å²) in [7, 11) is 0. The summed E-state index contributed by atoms with van der Waals surface area (Å²) in [5, 5.41) is 11.8. The van der Waals surface area contributed by atoms with Gasteiger partial charge in [-0.25, -0.2) is 0 Å². The highest BCUT2D eigenvalue weighted by Gasteiger charge is 2.17. The normalized spacial score (nSPS) is 16.6. The second-order valence-corrected chi connectivity index (χ2v) is 5.06. The molecule has 2 rings (SSSR count). The fourth-order valence-corrected chi connectivity index (χ4v) is 2.65. The Morgan fingerprint density at radius 2 is 2.56 bits per heavy atom. The van der Waals surface area contributed by atoms with E-state index in [0.717, 1.165) is 18.6 Å². The van der Waals surface area contributed by atoms with E-state index >= 15 is 0 Å². The molecule has 1 aliphatic heterocycles. The van der Waals surface area contributed by atoms with Gasteiger partial charge in [-0.3, -0.25) is 4.79 Å². The molecule has 1 aromatic heterocycles. The van der Waals surface area contributed by atoms with Crippen molar-refractivity contribution >= 4 is 17.2 Å². The number of nitrogens with one attached hydrogen (secondary N) is 1. The highest BCUT2D eigenvalue weighted by atomic mass is 32.1. The second kappa shape index (κ2) is 4.95. The molecule has 0 saturated carbocycles. The van der Waals surface area contributed by atoms with Crippen molar-refractivity contribution in [2.24, 2.45) is 0 Å². The van der Waals surface area contributed by atoms with E-state index in [2.05, 4.69) is 5.32 Å². The van der Waals surface area contributed by atoms with Gasteiger partial charge in [0, 0.05) is 17.8 Å². The second-order valence-electron chi connectivity index (χ2n) is 3.92. The van der Waals surface area contributed by atoms with Gasteiger partial charge >= 0.3 is 0 Å². The van der Waals surface area contributed by atoms with Crippen LogP contribution in [0.5, 0.6) is 0 Å². The minimum absolute atomic E-state index is 0.111. The van der Waals surface area contributed by atoms with Crippen molar-refractivity contribution in [2.75, 3.05) is 13.2 Å². The van der Waals surface area contributed by atoms with E-state index in [0.29, 0.717) is 11.5 Å². The average Bonchev–Trinajstić information content (AvgIpc) is 2.69. The Morgan fingerprint density at radius 1 is 1.75 bits per heavy atom. The molecule has 0 radical (unpaired) electrons. The monoisotopic (exact) mass is 241 g/mol. The van der Waals surface area contributed by atoms with Crippen LogP contribution < -0.4 is 5.32 Å². The van der Waals surface area contributed by atoms with E-state index in [1.54, 1.807) is 6.92 Å². The van der Waals surface area contributed by atoms with Crippen LogP contribution in [0.25, 0.3) is 0 Å². The average molecular weight is 241 g/mol. The molecule has 88 valence electrons. The van der Waals surface area contributed by atoms with Crippen molar-refractivity contribution in [1.82, 2.24) is 5.32 Å². The third kappa shape index (κ3) is 2.61. The Balaban J connectivity index is 2.03. The van der Waals surface area contributed by atoms with Gasteiger partial charge in [0.1, 0.15) is 0 Å². The number of carbonyl (C=O) groups is 1. The molecule has 1 atom stereocenters. The summed E-state index contributed by atoms with van der Waals surface area (Å²) in [6.45, 7) is 3.28. The first-order chi connectivity index (χ1) is 7.66. The van der Waals surface area contributed by atoms with E-state index in [-0.39, 0.29) is 12.5 Å². The van der Waals surface area contributed by atoms with Gasteiger partial charge in [0.25, 0.3) is 5.91 Å². The molecule has 2 N–H and O–H groups in total. The van der Waals surface area contributed by atoms with Crippen molar-refractivity contribution in [3.63, 3.8) is 0 Å². The van der Waals surface area contributed by atoms with Crippen molar-refractivity contribution in [3.8, 4) is 0 Å². The highest BCUT2D eigenvalue weighted by molar-refractivity contribution is 7.14. The molecule has 2 heterocycles. The smallest absolute Gasteiger partial charge is 0.261 e. The van der Waals surface area contributed by atoms with Crippen LogP contribution in [-0.4, -0.2) is 30.3 Å². The summed E-state index contributed by atoms with van der Waals surface area (Å²) < 4.78 is 5.32. The van der Waals surface area contributed by atoms with Gasteiger partial charge in [-0.1, -0.05) is 0 Å². The number of fused-ring (bicyclic) bond motifs is 1. The minimum Gasteiger partial charge on any atom is -0.392 e. The molecule has 1 aromatic rings. The Bertz CT molecular complexity index is 363. The van der Waals surface area contributed by atoms with Crippen LogP contribution in [0.1, 0.15) is 27.0 Å². The number of thiophene rings is 1. The van der Waals surface area contributed by atoms with Crippen molar-refractivity contribution in [2.45, 2.75) is 26.1 Å². The van der Waals surface area contributed by atoms with Gasteiger partial charge < -0.3 is 15.2 Å². The number of carbonyl (C=O) groups excluding carboxylic acids is 1. The highest BCUT2D eigenvalue weighted by Crippen LogP contribution is 2.26. The topological polar surface area (TPSA) is 58.6 Å². The van der Waals surface area contributed by atoms with Crippen molar-refractivity contribution in [3.05, 3.63) is 21.4 Å². The molecule has 0 bridgehead atoms. The van der Waals surface area contributed by atoms with Gasteiger partial charge in [0.15, 0.2) is 0 Å². The number of aliphatic hydroxyl groups is 1. The van der Waals surface area contributed by atoms with E-state index in [1.807, 2.05) is 6.07 Å². The summed E-state index contributed by atoms with van der Waals surface area (Å²) in [4.78, 5) is 13.7. The lowest BCUT2D eigenvalue weighted by molar-refractivity contribution is 0.0927. The Kier molecular flexibility index (Phi) is 3.58. The molecule has 0 spiro atoms. The van der Waals surface area contributed by atoms with Crippen molar-refractivity contribution in [1.29, 1.82) is 0 Å². The van der Waals surface area contributed by atoms with Crippen LogP contribution in [-0.2, 0) is 17.8 Å². The summed E-state index contributed by atoms with van der Waals surface area (Å²) in [5.74, 6) is -0.111. The number of aliphatic hydroxyl groups excluding tert-OH is 1. The summed E-state index contributed by atoms with van der Waals surface area (Å²) in [6, 6.07) is 1.89. The number of ether oxygens (including phenoxy) is 1. The van der Waals surface area contributed by atoms with Crippen LogP contribution in [0.15, 0.2) is 6.07 Å². The molecule has 0 aromatic carbocycles. The minimum atomic E-state index is -0.512. The van der Waals surface area contributed by atoms with Gasteiger partial charge in [0.2, 0.25) is 0 Å². The molecule has 4 nitrogen and oxygen atoms in total. The van der Waals surface area contributed by atoms with Gasteiger partial charge in [-0.05, 0) is 18.6 Å². The summed E-state index contributed by atoms with van der Waals surface area (Å²) >= 11 is 1.52. The quantitative estimate of drug-likeness (QED) is 0.827. The molecule has 1 amide bonds. The Morgan fingerprint density at radius 3 is 3.25 bits per heavy atom. The predicted molar refractivity (Wildman–Crippen MR) is 61.7 cm³/mol. The van der Waals surface area contributed by atoms with E-state index in [9.17, 15) is 4.79 Å². The van der Waals surface area contributed by atoms with E-state index in [4.69, 9.17) is 9.84 Å². The molecule has 0 aliphatic carbocycles. The zero-order chi connectivity index (χ0) is 11.5. The van der Waals surface area contributed by atoms with Gasteiger partial charge in [-0.15, -0.1) is 11.3 Å². The van der Waals surface area contributed by atoms with Crippen LogP contribution >= 0.6 is 11.3 Å². The SMILES string of the molecule is CC(O)CNC(=O)c1cc2c(s1)CCOC2. The number of hydrogen-bond donors (Lipinski definition) is 2. The van der Waals surface area contributed by atoms with Crippen LogP contribution in [0.2, 0.25) is 0 Å². The fourth-order valence-electron chi connectivity index (χ4n) is 1.59. The maximum atomic E-state index is 11.7. The lowest BCUT2D eigenvalue weighted by Gasteiger charge is -2.10. The number of rotatable bonds is 3. The van der Waals surface area contributed by atoms with Gasteiger partial charge in [0.05, 0.1) is 24.2 Å². The zero-order valence-electron chi connectivity index (χ0n) is 9.16. The first-order valence-corrected chi connectivity index (χ1v) is 6.14. The first-order valence-electron chi connectivity index (χ1n) is 5.32. The zero-order valence-corrected chi connectivity index (χ0v) is 9.97. The summed E-state index contributed by atoms with van der Waals surface area (Å²) in [5.41, 5.74) is 1.12. The van der Waals surface area contributed by atoms with Crippen LogP contribution in [0.3, 0.4) is 0 Å².